The van der Waals surface area contributed by atoms with Crippen LogP contribution in [0.1, 0.15) is 19.8 Å². The average Bonchev–Trinajstić information content (AvgIpc) is 3.30. The molecule has 1 aromatic carbocycles. The second kappa shape index (κ2) is 8.96. The van der Waals surface area contributed by atoms with Crippen LogP contribution in [0.15, 0.2) is 41.8 Å². The van der Waals surface area contributed by atoms with E-state index in [1.54, 1.807) is 16.7 Å². The van der Waals surface area contributed by atoms with E-state index in [2.05, 4.69) is 9.88 Å². The zero-order valence-electron chi connectivity index (χ0n) is 17.7. The van der Waals surface area contributed by atoms with Gasteiger partial charge in [-0.05, 0) is 44.0 Å². The molecule has 3 heterocycles. The van der Waals surface area contributed by atoms with Crippen molar-refractivity contribution in [1.29, 1.82) is 0 Å². The van der Waals surface area contributed by atoms with Crippen molar-refractivity contribution in [2.75, 3.05) is 44.2 Å². The minimum absolute atomic E-state index is 0.0118. The van der Waals surface area contributed by atoms with Gasteiger partial charge in [0.25, 0.3) is 10.0 Å². The number of piperazine rings is 1. The Labute approximate surface area is 182 Å². The summed E-state index contributed by atoms with van der Waals surface area (Å²) in [6, 6.07) is 6.37. The average molecular weight is 450 g/mol. The summed E-state index contributed by atoms with van der Waals surface area (Å²) in [4.78, 5) is 21.1. The first-order valence-corrected chi connectivity index (χ1v) is 12.1. The van der Waals surface area contributed by atoms with Crippen LogP contribution in [0.25, 0.3) is 0 Å². The van der Waals surface area contributed by atoms with Gasteiger partial charge in [-0.3, -0.25) is 4.79 Å². The fourth-order valence-corrected chi connectivity index (χ4v) is 5.69. The molecule has 168 valence electrons. The molecular weight excluding hydrogens is 421 g/mol. The van der Waals surface area contributed by atoms with Crippen LogP contribution in [-0.2, 0) is 21.4 Å². The van der Waals surface area contributed by atoms with Crippen LogP contribution in [0.5, 0.6) is 0 Å². The van der Waals surface area contributed by atoms with Gasteiger partial charge in [0.2, 0.25) is 5.91 Å². The number of piperidine rings is 1. The van der Waals surface area contributed by atoms with Gasteiger partial charge in [0.1, 0.15) is 5.82 Å². The number of halogens is 1. The summed E-state index contributed by atoms with van der Waals surface area (Å²) >= 11 is 0. The zero-order valence-corrected chi connectivity index (χ0v) is 18.5. The molecule has 0 N–H and O–H groups in total. The minimum Gasteiger partial charge on any atom is -0.368 e. The third-order valence-electron chi connectivity index (χ3n) is 6.10. The molecule has 31 heavy (non-hydrogen) atoms. The Balaban J connectivity index is 1.37. The molecule has 8 nitrogen and oxygen atoms in total. The molecule has 0 bridgehead atoms. The SMILES string of the molecule is CCn1cnc(S(=O)(=O)N2CCC[C@H](C(=O)N3CCN(c4ccc(F)cc4)CC3)C2)c1. The number of amides is 1. The van der Waals surface area contributed by atoms with E-state index >= 15 is 0 Å². The summed E-state index contributed by atoms with van der Waals surface area (Å²) in [5.74, 6) is -0.595. The topological polar surface area (TPSA) is 78.8 Å². The van der Waals surface area contributed by atoms with Gasteiger partial charge in [-0.2, -0.15) is 4.31 Å². The van der Waals surface area contributed by atoms with Crippen molar-refractivity contribution >= 4 is 21.6 Å². The first kappa shape index (κ1) is 21.8. The second-order valence-electron chi connectivity index (χ2n) is 8.03. The second-order valence-corrected chi connectivity index (χ2v) is 9.92. The van der Waals surface area contributed by atoms with Crippen LogP contribution in [0.2, 0.25) is 0 Å². The Morgan fingerprint density at radius 3 is 2.48 bits per heavy atom. The molecule has 1 amide bonds. The molecule has 4 rings (SSSR count). The molecule has 0 radical (unpaired) electrons. The molecular formula is C21H28FN5O3S. The van der Waals surface area contributed by atoms with E-state index in [-0.39, 0.29) is 29.2 Å². The van der Waals surface area contributed by atoms with Crippen molar-refractivity contribution < 1.29 is 17.6 Å². The van der Waals surface area contributed by atoms with E-state index in [1.807, 2.05) is 11.8 Å². The molecule has 0 spiro atoms. The van der Waals surface area contributed by atoms with Crippen LogP contribution in [0.3, 0.4) is 0 Å². The number of aryl methyl sites for hydroxylation is 1. The Morgan fingerprint density at radius 1 is 1.13 bits per heavy atom. The lowest BCUT2D eigenvalue weighted by molar-refractivity contribution is -0.137. The predicted molar refractivity (Wildman–Crippen MR) is 115 cm³/mol. The van der Waals surface area contributed by atoms with E-state index in [4.69, 9.17) is 0 Å². The molecule has 2 aliphatic rings. The van der Waals surface area contributed by atoms with Gasteiger partial charge in [0.05, 0.1) is 12.2 Å². The van der Waals surface area contributed by atoms with Crippen LogP contribution >= 0.6 is 0 Å². The largest absolute Gasteiger partial charge is 0.368 e. The van der Waals surface area contributed by atoms with Gasteiger partial charge in [-0.25, -0.2) is 17.8 Å². The summed E-state index contributed by atoms with van der Waals surface area (Å²) in [5.41, 5.74) is 0.940. The number of hydrogen-bond donors (Lipinski definition) is 0. The molecule has 2 fully saturated rings. The number of carbonyl (C=O) groups is 1. The van der Waals surface area contributed by atoms with E-state index in [0.717, 1.165) is 5.69 Å². The molecule has 2 saturated heterocycles. The molecule has 2 aliphatic heterocycles. The Bertz CT molecular complexity index is 1020. The number of anilines is 1. The summed E-state index contributed by atoms with van der Waals surface area (Å²) in [6.07, 6.45) is 4.39. The summed E-state index contributed by atoms with van der Waals surface area (Å²) < 4.78 is 42.2. The van der Waals surface area contributed by atoms with Crippen molar-refractivity contribution in [3.8, 4) is 0 Å². The number of aromatic nitrogens is 2. The smallest absolute Gasteiger partial charge is 0.262 e. The molecule has 0 saturated carbocycles. The van der Waals surface area contributed by atoms with Crippen LogP contribution in [0.4, 0.5) is 10.1 Å². The molecule has 0 unspecified atom stereocenters. The van der Waals surface area contributed by atoms with Crippen LogP contribution < -0.4 is 4.90 Å². The van der Waals surface area contributed by atoms with Crippen molar-refractivity contribution in [2.24, 2.45) is 5.92 Å². The highest BCUT2D eigenvalue weighted by atomic mass is 32.2. The fourth-order valence-electron chi connectivity index (χ4n) is 4.24. The summed E-state index contributed by atoms with van der Waals surface area (Å²) in [5, 5.41) is 0.0374. The number of nitrogens with zero attached hydrogens (tertiary/aromatic N) is 5. The molecule has 10 heteroatoms. The van der Waals surface area contributed by atoms with Crippen molar-refractivity contribution in [3.05, 3.63) is 42.6 Å². The molecule has 1 atom stereocenters. The summed E-state index contributed by atoms with van der Waals surface area (Å²) in [6.45, 7) is 5.64. The fraction of sp³-hybridized carbons (Fsp3) is 0.524. The van der Waals surface area contributed by atoms with E-state index in [1.165, 1.54) is 29.0 Å². The van der Waals surface area contributed by atoms with Crippen LogP contribution in [0, 0.1) is 11.7 Å². The van der Waals surface area contributed by atoms with E-state index in [0.29, 0.717) is 52.1 Å². The van der Waals surface area contributed by atoms with Gasteiger partial charge in [-0.15, -0.1) is 0 Å². The first-order chi connectivity index (χ1) is 14.9. The molecule has 0 aliphatic carbocycles. The van der Waals surface area contributed by atoms with E-state index in [9.17, 15) is 17.6 Å². The maximum atomic E-state index is 13.1. The number of carbonyl (C=O) groups excluding carboxylic acids is 1. The first-order valence-electron chi connectivity index (χ1n) is 10.7. The molecule has 2 aromatic rings. The Morgan fingerprint density at radius 2 is 1.84 bits per heavy atom. The standard InChI is InChI=1S/C21H28FN5O3S/c1-2-24-15-20(23-16-24)31(29,30)27-9-3-4-17(14-27)21(28)26-12-10-25(11-13-26)19-7-5-18(22)6-8-19/h5-8,15-17H,2-4,9-14H2,1H3/t17-/m0/s1. The Hall–Kier alpha value is -2.46. The van der Waals surface area contributed by atoms with Crippen molar-refractivity contribution in [3.63, 3.8) is 0 Å². The quantitative estimate of drug-likeness (QED) is 0.696. The number of rotatable bonds is 5. The monoisotopic (exact) mass is 449 g/mol. The van der Waals surface area contributed by atoms with Crippen molar-refractivity contribution in [2.45, 2.75) is 31.3 Å². The highest BCUT2D eigenvalue weighted by Crippen LogP contribution is 2.25. The van der Waals surface area contributed by atoms with E-state index < -0.39 is 10.0 Å². The van der Waals surface area contributed by atoms with Crippen LogP contribution in [-0.4, -0.2) is 72.3 Å². The predicted octanol–water partition coefficient (Wildman–Crippen LogP) is 1.79. The van der Waals surface area contributed by atoms with Gasteiger partial charge in [-0.1, -0.05) is 0 Å². The molecule has 1 aromatic heterocycles. The van der Waals surface area contributed by atoms with Gasteiger partial charge in [0.15, 0.2) is 5.03 Å². The maximum Gasteiger partial charge on any atom is 0.262 e. The minimum atomic E-state index is -3.71. The van der Waals surface area contributed by atoms with Crippen molar-refractivity contribution in [1.82, 2.24) is 18.8 Å². The summed E-state index contributed by atoms with van der Waals surface area (Å²) in [7, 11) is -3.71. The van der Waals surface area contributed by atoms with Gasteiger partial charge >= 0.3 is 0 Å². The highest BCUT2D eigenvalue weighted by molar-refractivity contribution is 7.89. The lowest BCUT2D eigenvalue weighted by atomic mass is 9.97. The highest BCUT2D eigenvalue weighted by Gasteiger charge is 2.36. The van der Waals surface area contributed by atoms with Gasteiger partial charge < -0.3 is 14.4 Å². The number of hydrogen-bond acceptors (Lipinski definition) is 5. The normalized spacial score (nSPS) is 20.8. The number of benzene rings is 1. The number of imidazole rings is 1. The van der Waals surface area contributed by atoms with Gasteiger partial charge in [0, 0.05) is 57.7 Å². The third kappa shape index (κ3) is 4.59. The lowest BCUT2D eigenvalue weighted by Crippen LogP contribution is -2.53. The maximum absolute atomic E-state index is 13.1. The zero-order chi connectivity index (χ0) is 22.0. The number of sulfonamides is 1. The lowest BCUT2D eigenvalue weighted by Gasteiger charge is -2.39. The third-order valence-corrected chi connectivity index (χ3v) is 7.85. The Kier molecular flexibility index (Phi) is 6.29.